The smallest absolute Gasteiger partial charge is 0.253 e. The highest BCUT2D eigenvalue weighted by atomic mass is 32.1. The molecule has 4 nitrogen and oxygen atoms in total. The van der Waals surface area contributed by atoms with Crippen molar-refractivity contribution < 1.29 is 4.79 Å². The number of carbonyl (C=O) groups is 1. The average Bonchev–Trinajstić information content (AvgIpc) is 3.11. The van der Waals surface area contributed by atoms with Crippen LogP contribution in [0.3, 0.4) is 0 Å². The summed E-state index contributed by atoms with van der Waals surface area (Å²) < 4.78 is 1.23. The molecule has 3 heterocycles. The van der Waals surface area contributed by atoms with Crippen LogP contribution in [0, 0.1) is 0 Å². The van der Waals surface area contributed by atoms with Crippen LogP contribution in [0.1, 0.15) is 15.9 Å². The van der Waals surface area contributed by atoms with Crippen molar-refractivity contribution in [3.05, 3.63) is 83.8 Å². The maximum absolute atomic E-state index is 12.4. The van der Waals surface area contributed by atoms with E-state index < -0.39 is 0 Å². The summed E-state index contributed by atoms with van der Waals surface area (Å²) >= 11 is 1.70. The van der Waals surface area contributed by atoms with Gasteiger partial charge in [-0.2, -0.15) is 0 Å². The molecular formula is C20H15N3OS. The van der Waals surface area contributed by atoms with Crippen molar-refractivity contribution in [2.45, 2.75) is 6.54 Å². The Kier molecular flexibility index (Phi) is 4.23. The molecule has 0 bridgehead atoms. The molecule has 0 aliphatic rings. The standard InChI is InChI=1S/C20H15N3OS/c24-20(23-10-14-4-3-7-21-9-14)16-8-15(11-22-12-16)18-13-25-19-6-2-1-5-17(18)19/h1-9,11-13H,10H2,(H,23,24). The number of carbonyl (C=O) groups excluding carboxylic acids is 1. The molecule has 1 amide bonds. The Bertz CT molecular complexity index is 1030. The fourth-order valence-electron chi connectivity index (χ4n) is 2.70. The van der Waals surface area contributed by atoms with Crippen molar-refractivity contribution in [2.24, 2.45) is 0 Å². The van der Waals surface area contributed by atoms with Crippen LogP contribution in [-0.2, 0) is 6.54 Å². The normalized spacial score (nSPS) is 10.7. The Morgan fingerprint density at radius 1 is 1.04 bits per heavy atom. The lowest BCUT2D eigenvalue weighted by molar-refractivity contribution is 0.0950. The quantitative estimate of drug-likeness (QED) is 0.600. The SMILES string of the molecule is O=C(NCc1cccnc1)c1cncc(-c2csc3ccccc23)c1. The number of rotatable bonds is 4. The summed E-state index contributed by atoms with van der Waals surface area (Å²) in [4.78, 5) is 20.7. The van der Waals surface area contributed by atoms with Gasteiger partial charge in [0.05, 0.1) is 5.56 Å². The molecule has 0 atom stereocenters. The maximum Gasteiger partial charge on any atom is 0.253 e. The first-order valence-electron chi connectivity index (χ1n) is 7.90. The number of benzene rings is 1. The lowest BCUT2D eigenvalue weighted by Crippen LogP contribution is -2.23. The van der Waals surface area contributed by atoms with Gasteiger partial charge in [0.25, 0.3) is 5.91 Å². The van der Waals surface area contributed by atoms with Crippen LogP contribution in [0.4, 0.5) is 0 Å². The van der Waals surface area contributed by atoms with Gasteiger partial charge in [-0.05, 0) is 29.1 Å². The second-order valence-corrected chi connectivity index (χ2v) is 6.56. The van der Waals surface area contributed by atoms with Crippen molar-refractivity contribution in [2.75, 3.05) is 0 Å². The number of amides is 1. The molecule has 1 aromatic carbocycles. The number of hydrogen-bond donors (Lipinski definition) is 1. The number of nitrogens with one attached hydrogen (secondary N) is 1. The second kappa shape index (κ2) is 6.83. The lowest BCUT2D eigenvalue weighted by atomic mass is 10.0. The molecule has 1 N–H and O–H groups in total. The molecule has 4 aromatic rings. The summed E-state index contributed by atoms with van der Waals surface area (Å²) in [5.41, 5.74) is 3.57. The van der Waals surface area contributed by atoms with Crippen molar-refractivity contribution in [1.82, 2.24) is 15.3 Å². The molecule has 3 aromatic heterocycles. The molecule has 5 heteroatoms. The number of hydrogen-bond acceptors (Lipinski definition) is 4. The van der Waals surface area contributed by atoms with Crippen LogP contribution < -0.4 is 5.32 Å². The van der Waals surface area contributed by atoms with Crippen LogP contribution in [0.15, 0.2) is 72.6 Å². The zero-order chi connectivity index (χ0) is 17.1. The van der Waals surface area contributed by atoms with E-state index in [2.05, 4.69) is 32.8 Å². The Balaban J connectivity index is 1.58. The zero-order valence-electron chi connectivity index (χ0n) is 13.3. The first-order chi connectivity index (χ1) is 12.3. The van der Waals surface area contributed by atoms with E-state index in [9.17, 15) is 4.79 Å². The van der Waals surface area contributed by atoms with E-state index in [-0.39, 0.29) is 5.91 Å². The number of thiophene rings is 1. The molecule has 0 radical (unpaired) electrons. The summed E-state index contributed by atoms with van der Waals surface area (Å²) in [6, 6.07) is 13.9. The minimum Gasteiger partial charge on any atom is -0.348 e. The highest BCUT2D eigenvalue weighted by Crippen LogP contribution is 2.33. The van der Waals surface area contributed by atoms with E-state index in [1.807, 2.05) is 30.3 Å². The van der Waals surface area contributed by atoms with Gasteiger partial charge in [0, 0.05) is 52.5 Å². The van der Waals surface area contributed by atoms with E-state index >= 15 is 0 Å². The summed E-state index contributed by atoms with van der Waals surface area (Å²) in [6.07, 6.45) is 6.85. The third-order valence-electron chi connectivity index (χ3n) is 3.97. The minimum absolute atomic E-state index is 0.141. The van der Waals surface area contributed by atoms with E-state index in [4.69, 9.17) is 0 Å². The molecule has 122 valence electrons. The van der Waals surface area contributed by atoms with Gasteiger partial charge in [0.15, 0.2) is 0 Å². The number of aromatic nitrogens is 2. The van der Waals surface area contributed by atoms with Gasteiger partial charge in [0.2, 0.25) is 0 Å². The van der Waals surface area contributed by atoms with Crippen LogP contribution in [-0.4, -0.2) is 15.9 Å². The van der Waals surface area contributed by atoms with Gasteiger partial charge >= 0.3 is 0 Å². The molecule has 0 saturated heterocycles. The van der Waals surface area contributed by atoms with Gasteiger partial charge in [-0.25, -0.2) is 0 Å². The highest BCUT2D eigenvalue weighted by Gasteiger charge is 2.11. The molecule has 0 fully saturated rings. The average molecular weight is 345 g/mol. The number of pyridine rings is 2. The number of fused-ring (bicyclic) bond motifs is 1. The first-order valence-corrected chi connectivity index (χ1v) is 8.78. The van der Waals surface area contributed by atoms with Gasteiger partial charge in [-0.15, -0.1) is 11.3 Å². The van der Waals surface area contributed by atoms with Gasteiger partial charge in [0.1, 0.15) is 0 Å². The van der Waals surface area contributed by atoms with Crippen molar-refractivity contribution in [3.63, 3.8) is 0 Å². The monoisotopic (exact) mass is 345 g/mol. The van der Waals surface area contributed by atoms with Crippen molar-refractivity contribution in [1.29, 1.82) is 0 Å². The highest BCUT2D eigenvalue weighted by molar-refractivity contribution is 7.17. The molecule has 0 spiro atoms. The zero-order valence-corrected chi connectivity index (χ0v) is 14.2. The van der Waals surface area contributed by atoms with E-state index in [1.165, 1.54) is 10.1 Å². The summed E-state index contributed by atoms with van der Waals surface area (Å²) in [5.74, 6) is -0.141. The number of nitrogens with zero attached hydrogens (tertiary/aromatic N) is 2. The third kappa shape index (κ3) is 3.27. The Morgan fingerprint density at radius 2 is 1.96 bits per heavy atom. The fourth-order valence-corrected chi connectivity index (χ4v) is 3.67. The maximum atomic E-state index is 12.4. The predicted octanol–water partition coefficient (Wildman–Crippen LogP) is 4.29. The van der Waals surface area contributed by atoms with Crippen LogP contribution >= 0.6 is 11.3 Å². The van der Waals surface area contributed by atoms with Gasteiger partial charge in [-0.1, -0.05) is 24.3 Å². The van der Waals surface area contributed by atoms with E-state index in [0.29, 0.717) is 12.1 Å². The fraction of sp³-hybridized carbons (Fsp3) is 0.0500. The molecule has 0 aliphatic carbocycles. The summed E-state index contributed by atoms with van der Waals surface area (Å²) in [7, 11) is 0. The van der Waals surface area contributed by atoms with E-state index in [0.717, 1.165) is 16.7 Å². The Labute approximate surface area is 149 Å². The second-order valence-electron chi connectivity index (χ2n) is 5.65. The Morgan fingerprint density at radius 3 is 2.84 bits per heavy atom. The van der Waals surface area contributed by atoms with Crippen LogP contribution in [0.5, 0.6) is 0 Å². The third-order valence-corrected chi connectivity index (χ3v) is 4.93. The first kappa shape index (κ1) is 15.5. The largest absolute Gasteiger partial charge is 0.348 e. The molecule has 0 aliphatic heterocycles. The minimum atomic E-state index is -0.141. The molecule has 0 unspecified atom stereocenters. The Hall–Kier alpha value is -3.05. The lowest BCUT2D eigenvalue weighted by Gasteiger charge is -2.06. The van der Waals surface area contributed by atoms with Crippen molar-refractivity contribution >= 4 is 27.3 Å². The topological polar surface area (TPSA) is 54.9 Å². The summed E-state index contributed by atoms with van der Waals surface area (Å²) in [5, 5.41) is 6.20. The van der Waals surface area contributed by atoms with Crippen molar-refractivity contribution in [3.8, 4) is 11.1 Å². The van der Waals surface area contributed by atoms with E-state index in [1.54, 1.807) is 36.1 Å². The summed E-state index contributed by atoms with van der Waals surface area (Å²) in [6.45, 7) is 0.443. The van der Waals surface area contributed by atoms with Crippen LogP contribution in [0.2, 0.25) is 0 Å². The van der Waals surface area contributed by atoms with Gasteiger partial charge < -0.3 is 5.32 Å². The van der Waals surface area contributed by atoms with Crippen LogP contribution in [0.25, 0.3) is 21.2 Å². The van der Waals surface area contributed by atoms with Gasteiger partial charge in [-0.3, -0.25) is 14.8 Å². The molecule has 25 heavy (non-hydrogen) atoms. The molecular weight excluding hydrogens is 330 g/mol. The predicted molar refractivity (Wildman–Crippen MR) is 100 cm³/mol. The molecule has 0 saturated carbocycles. The molecule has 4 rings (SSSR count).